The molecule has 1 amide bonds. The van der Waals surface area contributed by atoms with Crippen molar-refractivity contribution in [2.45, 2.75) is 12.3 Å². The number of ether oxygens (including phenoxy) is 1. The van der Waals surface area contributed by atoms with Crippen molar-refractivity contribution < 1.29 is 9.53 Å². The zero-order valence-electron chi connectivity index (χ0n) is 13.9. The third-order valence-electron chi connectivity index (χ3n) is 4.34. The van der Waals surface area contributed by atoms with Gasteiger partial charge in [-0.15, -0.1) is 0 Å². The molecule has 1 aromatic carbocycles. The van der Waals surface area contributed by atoms with Gasteiger partial charge in [0.25, 0.3) is 0 Å². The maximum Gasteiger partial charge on any atom is 0.234 e. The number of amides is 1. The second-order valence-corrected chi connectivity index (χ2v) is 6.06. The lowest BCUT2D eigenvalue weighted by atomic mass is 9.96. The summed E-state index contributed by atoms with van der Waals surface area (Å²) in [5.74, 6) is 1.39. The third-order valence-corrected chi connectivity index (χ3v) is 4.34. The quantitative estimate of drug-likeness (QED) is 0.844. The molecule has 24 heavy (non-hydrogen) atoms. The van der Waals surface area contributed by atoms with Crippen LogP contribution >= 0.6 is 0 Å². The first kappa shape index (κ1) is 16.5. The van der Waals surface area contributed by atoms with Gasteiger partial charge in [0.1, 0.15) is 5.75 Å². The average Bonchev–Trinajstić information content (AvgIpc) is 2.59. The normalized spacial score (nSPS) is 14.9. The summed E-state index contributed by atoms with van der Waals surface area (Å²) in [5, 5.41) is 2.98. The number of nitrogens with zero attached hydrogens (tertiary/aromatic N) is 2. The maximum atomic E-state index is 12.0. The van der Waals surface area contributed by atoms with Crippen LogP contribution < -0.4 is 10.1 Å². The van der Waals surface area contributed by atoms with Gasteiger partial charge in [-0.25, -0.2) is 0 Å². The molecular weight excluding hydrogens is 302 g/mol. The molecule has 0 bridgehead atoms. The molecule has 1 aliphatic rings. The second-order valence-electron chi connectivity index (χ2n) is 6.06. The summed E-state index contributed by atoms with van der Waals surface area (Å²) in [6.07, 6.45) is 2.59. The van der Waals surface area contributed by atoms with Crippen molar-refractivity contribution in [3.05, 3.63) is 59.9 Å². The Bertz CT molecular complexity index is 669. The van der Waals surface area contributed by atoms with E-state index in [9.17, 15) is 4.79 Å². The first-order valence-corrected chi connectivity index (χ1v) is 8.28. The number of carbonyl (C=O) groups excluding carboxylic acids is 1. The van der Waals surface area contributed by atoms with E-state index in [4.69, 9.17) is 4.74 Å². The van der Waals surface area contributed by atoms with Gasteiger partial charge in [0.2, 0.25) is 5.91 Å². The highest BCUT2D eigenvalue weighted by Gasteiger charge is 2.29. The van der Waals surface area contributed by atoms with E-state index >= 15 is 0 Å². The van der Waals surface area contributed by atoms with Crippen LogP contribution in [0.5, 0.6) is 5.75 Å². The van der Waals surface area contributed by atoms with Crippen molar-refractivity contribution in [3.63, 3.8) is 0 Å². The van der Waals surface area contributed by atoms with Crippen molar-refractivity contribution in [3.8, 4) is 5.75 Å². The number of rotatable bonds is 7. The molecule has 1 aromatic heterocycles. The molecule has 1 N–H and O–H groups in total. The van der Waals surface area contributed by atoms with Crippen LogP contribution in [0.2, 0.25) is 0 Å². The monoisotopic (exact) mass is 325 g/mol. The Morgan fingerprint density at radius 2 is 2.04 bits per heavy atom. The Labute approximate surface area is 142 Å². The number of para-hydroxylation sites is 1. The fourth-order valence-corrected chi connectivity index (χ4v) is 3.01. The number of hydrogen-bond acceptors (Lipinski definition) is 4. The summed E-state index contributed by atoms with van der Waals surface area (Å²) < 4.78 is 5.32. The van der Waals surface area contributed by atoms with Gasteiger partial charge in [-0.3, -0.25) is 14.7 Å². The van der Waals surface area contributed by atoms with Crippen LogP contribution in [0.1, 0.15) is 17.2 Å². The lowest BCUT2D eigenvalue weighted by Crippen LogP contribution is -2.49. The largest absolute Gasteiger partial charge is 0.496 e. The molecule has 2 heterocycles. The molecule has 0 aliphatic carbocycles. The van der Waals surface area contributed by atoms with Crippen molar-refractivity contribution in [1.29, 1.82) is 0 Å². The molecule has 0 spiro atoms. The molecule has 1 fully saturated rings. The van der Waals surface area contributed by atoms with Crippen LogP contribution in [-0.2, 0) is 11.2 Å². The molecule has 126 valence electrons. The highest BCUT2D eigenvalue weighted by atomic mass is 16.5. The minimum Gasteiger partial charge on any atom is -0.496 e. The summed E-state index contributed by atoms with van der Waals surface area (Å²) in [6.45, 7) is 2.87. The van der Waals surface area contributed by atoms with Gasteiger partial charge in [0.05, 0.1) is 13.7 Å². The Morgan fingerprint density at radius 1 is 1.25 bits per heavy atom. The van der Waals surface area contributed by atoms with Crippen LogP contribution in [0.3, 0.4) is 0 Å². The molecule has 3 rings (SSSR count). The third kappa shape index (κ3) is 4.11. The molecule has 1 aliphatic heterocycles. The van der Waals surface area contributed by atoms with Crippen LogP contribution in [0.4, 0.5) is 0 Å². The zero-order chi connectivity index (χ0) is 16.8. The molecule has 2 aromatic rings. The van der Waals surface area contributed by atoms with E-state index in [2.05, 4.69) is 21.3 Å². The van der Waals surface area contributed by atoms with Crippen LogP contribution in [0, 0.1) is 0 Å². The Kier molecular flexibility index (Phi) is 5.43. The lowest BCUT2D eigenvalue weighted by molar-refractivity contribution is -0.123. The molecule has 0 radical (unpaired) electrons. The number of pyridine rings is 1. The molecule has 0 atom stereocenters. The minimum atomic E-state index is 0.0735. The van der Waals surface area contributed by atoms with Gasteiger partial charge in [0, 0.05) is 37.4 Å². The highest BCUT2D eigenvalue weighted by Crippen LogP contribution is 2.24. The van der Waals surface area contributed by atoms with E-state index in [0.717, 1.165) is 36.5 Å². The van der Waals surface area contributed by atoms with E-state index < -0.39 is 0 Å². The lowest BCUT2D eigenvalue weighted by Gasteiger charge is -2.38. The predicted molar refractivity (Wildman–Crippen MR) is 93.1 cm³/mol. The first-order valence-electron chi connectivity index (χ1n) is 8.28. The van der Waals surface area contributed by atoms with Gasteiger partial charge in [-0.2, -0.15) is 0 Å². The maximum absolute atomic E-state index is 12.0. The summed E-state index contributed by atoms with van der Waals surface area (Å²) in [4.78, 5) is 18.6. The van der Waals surface area contributed by atoms with Crippen molar-refractivity contribution in [1.82, 2.24) is 15.2 Å². The SMILES string of the molecule is COc1ccccc1CCNC(=O)CN1CC(c2ccccn2)C1. The van der Waals surface area contributed by atoms with Crippen molar-refractivity contribution in [2.75, 3.05) is 33.3 Å². The summed E-state index contributed by atoms with van der Waals surface area (Å²) in [5.41, 5.74) is 2.23. The van der Waals surface area contributed by atoms with Gasteiger partial charge in [-0.1, -0.05) is 24.3 Å². The molecule has 5 heteroatoms. The second kappa shape index (κ2) is 7.93. The molecular formula is C19H23N3O2. The van der Waals surface area contributed by atoms with Gasteiger partial charge in [0.15, 0.2) is 0 Å². The van der Waals surface area contributed by atoms with E-state index in [0.29, 0.717) is 19.0 Å². The van der Waals surface area contributed by atoms with E-state index in [1.807, 2.05) is 42.6 Å². The standard InChI is InChI=1S/C19H23N3O2/c1-24-18-8-3-2-6-15(18)9-11-21-19(23)14-22-12-16(13-22)17-7-4-5-10-20-17/h2-8,10,16H,9,11-14H2,1H3,(H,21,23). The van der Waals surface area contributed by atoms with Crippen molar-refractivity contribution in [2.24, 2.45) is 0 Å². The summed E-state index contributed by atoms with van der Waals surface area (Å²) >= 11 is 0. The number of benzene rings is 1. The summed E-state index contributed by atoms with van der Waals surface area (Å²) in [6, 6.07) is 13.9. The Morgan fingerprint density at radius 3 is 2.79 bits per heavy atom. The predicted octanol–water partition coefficient (Wildman–Crippen LogP) is 1.85. The van der Waals surface area contributed by atoms with Crippen LogP contribution in [0.15, 0.2) is 48.7 Å². The van der Waals surface area contributed by atoms with Crippen molar-refractivity contribution >= 4 is 5.91 Å². The van der Waals surface area contributed by atoms with Gasteiger partial charge < -0.3 is 10.1 Å². The molecule has 1 saturated heterocycles. The van der Waals surface area contributed by atoms with E-state index in [1.54, 1.807) is 7.11 Å². The zero-order valence-corrected chi connectivity index (χ0v) is 13.9. The first-order chi connectivity index (χ1) is 11.8. The van der Waals surface area contributed by atoms with Crippen LogP contribution in [-0.4, -0.2) is 49.1 Å². The fourth-order valence-electron chi connectivity index (χ4n) is 3.01. The topological polar surface area (TPSA) is 54.5 Å². The number of methoxy groups -OCH3 is 1. The Balaban J connectivity index is 1.37. The number of hydrogen-bond donors (Lipinski definition) is 1. The molecule has 0 saturated carbocycles. The number of aromatic nitrogens is 1. The fraction of sp³-hybridized carbons (Fsp3) is 0.368. The number of nitrogens with one attached hydrogen (secondary N) is 1. The molecule has 0 unspecified atom stereocenters. The minimum absolute atomic E-state index is 0.0735. The number of likely N-dealkylation sites (tertiary alicyclic amines) is 1. The number of carbonyl (C=O) groups is 1. The highest BCUT2D eigenvalue weighted by molar-refractivity contribution is 5.78. The average molecular weight is 325 g/mol. The van der Waals surface area contributed by atoms with Gasteiger partial charge in [-0.05, 0) is 30.2 Å². The van der Waals surface area contributed by atoms with Gasteiger partial charge >= 0.3 is 0 Å². The Hall–Kier alpha value is -2.40. The summed E-state index contributed by atoms with van der Waals surface area (Å²) in [7, 11) is 1.67. The van der Waals surface area contributed by atoms with E-state index in [-0.39, 0.29) is 5.91 Å². The van der Waals surface area contributed by atoms with E-state index in [1.165, 1.54) is 0 Å². The molecule has 5 nitrogen and oxygen atoms in total. The smallest absolute Gasteiger partial charge is 0.234 e. The van der Waals surface area contributed by atoms with Crippen LogP contribution in [0.25, 0.3) is 0 Å².